The van der Waals surface area contributed by atoms with Crippen LogP contribution in [0.25, 0.3) is 0 Å². The van der Waals surface area contributed by atoms with E-state index >= 15 is 0 Å². The normalized spacial score (nSPS) is 43.5. The summed E-state index contributed by atoms with van der Waals surface area (Å²) in [7, 11) is 0. The Morgan fingerprint density at radius 3 is 2.75 bits per heavy atom. The molecule has 0 aromatic heterocycles. The highest BCUT2D eigenvalue weighted by Crippen LogP contribution is 2.53. The van der Waals surface area contributed by atoms with Crippen LogP contribution in [0.1, 0.15) is 53.4 Å². The van der Waals surface area contributed by atoms with Crippen molar-refractivity contribution in [3.05, 3.63) is 11.6 Å². The van der Waals surface area contributed by atoms with Gasteiger partial charge >= 0.3 is 0 Å². The van der Waals surface area contributed by atoms with Gasteiger partial charge in [0.05, 0.1) is 0 Å². The van der Waals surface area contributed by atoms with E-state index in [1.807, 2.05) is 0 Å². The lowest BCUT2D eigenvalue weighted by Gasteiger charge is -2.50. The van der Waals surface area contributed by atoms with Crippen LogP contribution in [-0.2, 0) is 4.79 Å². The zero-order valence-corrected chi connectivity index (χ0v) is 11.0. The molecule has 0 heterocycles. The van der Waals surface area contributed by atoms with Crippen LogP contribution in [0.4, 0.5) is 0 Å². The fraction of sp³-hybridized carbons (Fsp3) is 0.800. The van der Waals surface area contributed by atoms with E-state index in [0.29, 0.717) is 5.41 Å². The van der Waals surface area contributed by atoms with Crippen molar-refractivity contribution in [3.63, 3.8) is 0 Å². The Morgan fingerprint density at radius 1 is 1.44 bits per heavy atom. The molecule has 0 aliphatic heterocycles. The van der Waals surface area contributed by atoms with E-state index in [2.05, 4.69) is 26.8 Å². The van der Waals surface area contributed by atoms with Gasteiger partial charge in [0.1, 0.15) is 0 Å². The lowest BCUT2D eigenvalue weighted by molar-refractivity contribution is -0.114. The first-order valence-corrected chi connectivity index (χ1v) is 6.64. The van der Waals surface area contributed by atoms with Crippen molar-refractivity contribution in [1.82, 2.24) is 0 Å². The zero-order chi connectivity index (χ0) is 11.9. The topological polar surface area (TPSA) is 17.1 Å². The minimum Gasteiger partial charge on any atom is -0.295 e. The van der Waals surface area contributed by atoms with E-state index in [0.717, 1.165) is 36.2 Å². The molecule has 2 rings (SSSR count). The van der Waals surface area contributed by atoms with Crippen molar-refractivity contribution in [2.24, 2.45) is 23.2 Å². The molecular formula is C15H24O. The molecule has 0 amide bonds. The monoisotopic (exact) mass is 220 g/mol. The van der Waals surface area contributed by atoms with Gasteiger partial charge in [-0.25, -0.2) is 0 Å². The number of ketones is 1. The average Bonchev–Trinajstić information content (AvgIpc) is 2.24. The third kappa shape index (κ3) is 1.85. The third-order valence-electron chi connectivity index (χ3n) is 5.31. The van der Waals surface area contributed by atoms with Gasteiger partial charge in [0.2, 0.25) is 0 Å². The van der Waals surface area contributed by atoms with Gasteiger partial charge in [0, 0.05) is 0 Å². The summed E-state index contributed by atoms with van der Waals surface area (Å²) in [6.45, 7) is 8.89. The van der Waals surface area contributed by atoms with Crippen molar-refractivity contribution in [2.75, 3.05) is 0 Å². The number of hydrogen-bond acceptors (Lipinski definition) is 1. The standard InChI is InChI=1S/C15H24O/c1-10-5-7-15(4)8-6-13(12(3)16)9-14(15)11(10)2/h6,10-11,14H,5,7-9H2,1-4H3. The maximum Gasteiger partial charge on any atom is 0.155 e. The molecule has 1 heteroatoms. The number of Topliss-reactive ketones (excluding diaryl/α,β-unsaturated/α-hetero) is 1. The molecule has 0 aromatic rings. The number of fused-ring (bicyclic) bond motifs is 1. The Labute approximate surface area is 99.3 Å². The molecule has 1 nitrogen and oxygen atoms in total. The molecule has 4 unspecified atom stereocenters. The molecule has 0 spiro atoms. The Morgan fingerprint density at radius 2 is 2.12 bits per heavy atom. The van der Waals surface area contributed by atoms with Gasteiger partial charge in [-0.3, -0.25) is 4.79 Å². The summed E-state index contributed by atoms with van der Waals surface area (Å²) in [6, 6.07) is 0. The van der Waals surface area contributed by atoms with Crippen LogP contribution in [0.5, 0.6) is 0 Å². The largest absolute Gasteiger partial charge is 0.295 e. The molecule has 0 radical (unpaired) electrons. The summed E-state index contributed by atoms with van der Waals surface area (Å²) in [5.74, 6) is 2.60. The van der Waals surface area contributed by atoms with Crippen molar-refractivity contribution in [3.8, 4) is 0 Å². The minimum absolute atomic E-state index is 0.285. The highest BCUT2D eigenvalue weighted by atomic mass is 16.1. The highest BCUT2D eigenvalue weighted by Gasteiger charge is 2.44. The summed E-state index contributed by atoms with van der Waals surface area (Å²) in [5, 5.41) is 0. The van der Waals surface area contributed by atoms with E-state index in [-0.39, 0.29) is 5.78 Å². The van der Waals surface area contributed by atoms with Gasteiger partial charge < -0.3 is 0 Å². The second kappa shape index (κ2) is 4.01. The first kappa shape index (κ1) is 11.9. The summed E-state index contributed by atoms with van der Waals surface area (Å²) >= 11 is 0. The fourth-order valence-electron chi connectivity index (χ4n) is 3.69. The third-order valence-corrected chi connectivity index (χ3v) is 5.31. The number of hydrogen-bond donors (Lipinski definition) is 0. The summed E-state index contributed by atoms with van der Waals surface area (Å²) in [4.78, 5) is 11.5. The molecule has 0 aromatic carbocycles. The van der Waals surface area contributed by atoms with Crippen LogP contribution in [0.15, 0.2) is 11.6 Å². The molecule has 1 saturated carbocycles. The smallest absolute Gasteiger partial charge is 0.155 e. The molecule has 0 saturated heterocycles. The van der Waals surface area contributed by atoms with Crippen LogP contribution in [0.2, 0.25) is 0 Å². The van der Waals surface area contributed by atoms with E-state index < -0.39 is 0 Å². The Balaban J connectivity index is 2.25. The summed E-state index contributed by atoms with van der Waals surface area (Å²) in [5.41, 5.74) is 1.55. The molecule has 16 heavy (non-hydrogen) atoms. The zero-order valence-electron chi connectivity index (χ0n) is 11.0. The maximum absolute atomic E-state index is 11.5. The van der Waals surface area contributed by atoms with Gasteiger partial charge in [0.15, 0.2) is 5.78 Å². The predicted octanol–water partition coefficient (Wildman–Crippen LogP) is 3.98. The predicted molar refractivity (Wildman–Crippen MR) is 67.2 cm³/mol. The van der Waals surface area contributed by atoms with Gasteiger partial charge in [0.25, 0.3) is 0 Å². The molecule has 0 bridgehead atoms. The van der Waals surface area contributed by atoms with E-state index in [1.54, 1.807) is 6.92 Å². The van der Waals surface area contributed by atoms with E-state index in [9.17, 15) is 4.79 Å². The van der Waals surface area contributed by atoms with Crippen LogP contribution >= 0.6 is 0 Å². The van der Waals surface area contributed by atoms with Gasteiger partial charge in [-0.1, -0.05) is 26.8 Å². The summed E-state index contributed by atoms with van der Waals surface area (Å²) in [6.07, 6.45) is 7.05. The quantitative estimate of drug-likeness (QED) is 0.653. The SMILES string of the molecule is CC(=O)C1=CCC2(C)CCC(C)C(C)C2C1. The maximum atomic E-state index is 11.5. The van der Waals surface area contributed by atoms with Crippen LogP contribution < -0.4 is 0 Å². The first-order valence-electron chi connectivity index (χ1n) is 6.64. The Kier molecular flexibility index (Phi) is 2.98. The lowest BCUT2D eigenvalue weighted by Crippen LogP contribution is -2.41. The van der Waals surface area contributed by atoms with Gasteiger partial charge in [-0.05, 0) is 61.3 Å². The molecule has 1 fully saturated rings. The molecule has 90 valence electrons. The van der Waals surface area contributed by atoms with Gasteiger partial charge in [-0.15, -0.1) is 0 Å². The van der Waals surface area contributed by atoms with Crippen molar-refractivity contribution in [1.29, 1.82) is 0 Å². The van der Waals surface area contributed by atoms with E-state index in [1.165, 1.54) is 12.8 Å². The van der Waals surface area contributed by atoms with Crippen LogP contribution in [-0.4, -0.2) is 5.78 Å². The fourth-order valence-corrected chi connectivity index (χ4v) is 3.69. The number of allylic oxidation sites excluding steroid dienone is 2. The lowest BCUT2D eigenvalue weighted by atomic mass is 9.55. The number of rotatable bonds is 1. The van der Waals surface area contributed by atoms with Crippen molar-refractivity contribution >= 4 is 5.78 Å². The number of carbonyl (C=O) groups excluding carboxylic acids is 1. The minimum atomic E-state index is 0.285. The van der Waals surface area contributed by atoms with Crippen molar-refractivity contribution < 1.29 is 4.79 Å². The highest BCUT2D eigenvalue weighted by molar-refractivity contribution is 5.93. The van der Waals surface area contributed by atoms with E-state index in [4.69, 9.17) is 0 Å². The van der Waals surface area contributed by atoms with Crippen LogP contribution in [0.3, 0.4) is 0 Å². The molecule has 4 atom stereocenters. The molecular weight excluding hydrogens is 196 g/mol. The average molecular weight is 220 g/mol. The van der Waals surface area contributed by atoms with Gasteiger partial charge in [-0.2, -0.15) is 0 Å². The second-order valence-electron chi connectivity index (χ2n) is 6.33. The number of carbonyl (C=O) groups is 1. The first-order chi connectivity index (χ1) is 7.44. The Bertz CT molecular complexity index is 328. The molecule has 2 aliphatic carbocycles. The second-order valence-corrected chi connectivity index (χ2v) is 6.33. The molecule has 2 aliphatic rings. The molecule has 0 N–H and O–H groups in total. The summed E-state index contributed by atoms with van der Waals surface area (Å²) < 4.78 is 0. The Hall–Kier alpha value is -0.590. The van der Waals surface area contributed by atoms with Crippen molar-refractivity contribution in [2.45, 2.75) is 53.4 Å². The van der Waals surface area contributed by atoms with Crippen LogP contribution in [0, 0.1) is 23.2 Å².